The molecule has 0 radical (unpaired) electrons. The number of nitrogens with one attached hydrogen (secondary N) is 1. The van der Waals surface area contributed by atoms with Gasteiger partial charge >= 0.3 is 0 Å². The van der Waals surface area contributed by atoms with Crippen molar-refractivity contribution in [3.05, 3.63) is 64.7 Å². The van der Waals surface area contributed by atoms with Gasteiger partial charge in [0.2, 0.25) is 10.0 Å². The minimum Gasteiger partial charge on any atom is -0.351 e. The fourth-order valence-electron chi connectivity index (χ4n) is 4.28. The second kappa shape index (κ2) is 12.9. The lowest BCUT2D eigenvalue weighted by molar-refractivity contribution is 0.0951. The first-order chi connectivity index (χ1) is 15.7. The lowest BCUT2D eigenvalue weighted by atomic mass is 9.86. The number of amides is 1. The zero-order chi connectivity index (χ0) is 24.0. The summed E-state index contributed by atoms with van der Waals surface area (Å²) in [6.45, 7) is 3.74. The molecular formula is C25H35Cl2N3O3S. The Morgan fingerprint density at radius 2 is 1.65 bits per heavy atom. The molecule has 2 unspecified atom stereocenters. The lowest BCUT2D eigenvalue weighted by Gasteiger charge is -2.37. The van der Waals surface area contributed by atoms with E-state index in [1.54, 1.807) is 40.7 Å². The maximum Gasteiger partial charge on any atom is 0.251 e. The van der Waals surface area contributed by atoms with Crippen LogP contribution in [0.2, 0.25) is 5.02 Å². The number of carbonyl (C=O) groups is 1. The minimum atomic E-state index is -3.70. The van der Waals surface area contributed by atoms with Crippen LogP contribution < -0.4 is 5.32 Å². The summed E-state index contributed by atoms with van der Waals surface area (Å²) in [5.41, 5.74) is 1.42. The van der Waals surface area contributed by atoms with Crippen LogP contribution in [0.4, 0.5) is 0 Å². The molecule has 2 atom stereocenters. The Labute approximate surface area is 215 Å². The molecule has 34 heavy (non-hydrogen) atoms. The first kappa shape index (κ1) is 28.6. The highest BCUT2D eigenvalue weighted by atomic mass is 35.5. The van der Waals surface area contributed by atoms with Crippen LogP contribution in [0.25, 0.3) is 0 Å². The van der Waals surface area contributed by atoms with Crippen molar-refractivity contribution in [2.45, 2.75) is 50.1 Å². The summed E-state index contributed by atoms with van der Waals surface area (Å²) in [6, 6.07) is 13.5. The topological polar surface area (TPSA) is 69.7 Å². The minimum absolute atomic E-state index is 0. The Morgan fingerprint density at radius 3 is 2.24 bits per heavy atom. The van der Waals surface area contributed by atoms with Crippen LogP contribution in [0.15, 0.2) is 53.4 Å². The van der Waals surface area contributed by atoms with E-state index in [0.29, 0.717) is 17.1 Å². The van der Waals surface area contributed by atoms with Crippen molar-refractivity contribution >= 4 is 39.9 Å². The Bertz CT molecular complexity index is 1030. The summed E-state index contributed by atoms with van der Waals surface area (Å²) >= 11 is 5.99. The summed E-state index contributed by atoms with van der Waals surface area (Å²) < 4.78 is 29.0. The van der Waals surface area contributed by atoms with E-state index in [9.17, 15) is 13.2 Å². The summed E-state index contributed by atoms with van der Waals surface area (Å²) in [5.74, 6) is 0.150. The monoisotopic (exact) mass is 527 g/mol. The van der Waals surface area contributed by atoms with Gasteiger partial charge < -0.3 is 10.2 Å². The number of nitrogens with zero attached hydrogens (tertiary/aromatic N) is 2. The number of likely N-dealkylation sites (N-methyl/N-ethyl adjacent to an activating group) is 1. The summed E-state index contributed by atoms with van der Waals surface area (Å²) in [7, 11) is 0.208. The predicted octanol–water partition coefficient (Wildman–Crippen LogP) is 4.82. The Hall–Kier alpha value is -1.64. The van der Waals surface area contributed by atoms with Gasteiger partial charge in [-0.2, -0.15) is 4.31 Å². The number of benzene rings is 2. The number of rotatable bonds is 9. The smallest absolute Gasteiger partial charge is 0.251 e. The van der Waals surface area contributed by atoms with Gasteiger partial charge in [0.25, 0.3) is 5.91 Å². The average molecular weight is 529 g/mol. The molecule has 0 aliphatic heterocycles. The second-order valence-electron chi connectivity index (χ2n) is 9.09. The van der Waals surface area contributed by atoms with Gasteiger partial charge in [-0.05, 0) is 74.8 Å². The Kier molecular flexibility index (Phi) is 10.8. The van der Waals surface area contributed by atoms with Gasteiger partial charge in [0.15, 0.2) is 0 Å². The molecule has 1 aliphatic carbocycles. The van der Waals surface area contributed by atoms with Crippen molar-refractivity contribution in [1.29, 1.82) is 0 Å². The van der Waals surface area contributed by atoms with E-state index < -0.39 is 10.0 Å². The van der Waals surface area contributed by atoms with Crippen molar-refractivity contribution in [3.8, 4) is 0 Å². The quantitative estimate of drug-likeness (QED) is 0.507. The van der Waals surface area contributed by atoms with Crippen LogP contribution in [-0.4, -0.2) is 56.8 Å². The van der Waals surface area contributed by atoms with Gasteiger partial charge in [0, 0.05) is 36.3 Å². The normalized spacial score (nSPS) is 18.5. The summed E-state index contributed by atoms with van der Waals surface area (Å²) in [5, 5.41) is 3.41. The molecule has 2 aromatic rings. The fourth-order valence-corrected chi connectivity index (χ4v) is 6.15. The number of sulfonamides is 1. The molecule has 0 heterocycles. The molecule has 9 heteroatoms. The van der Waals surface area contributed by atoms with Crippen LogP contribution in [0.1, 0.15) is 48.5 Å². The molecule has 1 saturated carbocycles. The van der Waals surface area contributed by atoms with Gasteiger partial charge in [-0.15, -0.1) is 12.4 Å². The zero-order valence-electron chi connectivity index (χ0n) is 20.0. The lowest BCUT2D eigenvalue weighted by Crippen LogP contribution is -2.44. The van der Waals surface area contributed by atoms with E-state index in [0.717, 1.165) is 37.8 Å². The summed E-state index contributed by atoms with van der Waals surface area (Å²) in [4.78, 5) is 14.6. The molecule has 188 valence electrons. The maximum absolute atomic E-state index is 13.7. The van der Waals surface area contributed by atoms with Gasteiger partial charge in [0.05, 0.1) is 4.90 Å². The molecule has 0 saturated heterocycles. The number of hydrogen-bond donors (Lipinski definition) is 1. The molecular weight excluding hydrogens is 493 g/mol. The van der Waals surface area contributed by atoms with Gasteiger partial charge in [-0.25, -0.2) is 8.42 Å². The van der Waals surface area contributed by atoms with E-state index in [2.05, 4.69) is 12.2 Å². The van der Waals surface area contributed by atoms with Crippen molar-refractivity contribution in [2.75, 3.05) is 27.2 Å². The van der Waals surface area contributed by atoms with Crippen LogP contribution in [0.5, 0.6) is 0 Å². The maximum atomic E-state index is 13.7. The molecule has 1 N–H and O–H groups in total. The highest BCUT2D eigenvalue weighted by Crippen LogP contribution is 2.33. The molecule has 0 aromatic heterocycles. The average Bonchev–Trinajstić information content (AvgIpc) is 2.78. The predicted molar refractivity (Wildman–Crippen MR) is 140 cm³/mol. The number of halogens is 2. The largest absolute Gasteiger partial charge is 0.351 e. The van der Waals surface area contributed by atoms with Gasteiger partial charge in [0.1, 0.15) is 0 Å². The van der Waals surface area contributed by atoms with Crippen molar-refractivity contribution < 1.29 is 13.2 Å². The van der Waals surface area contributed by atoms with Crippen LogP contribution in [0, 0.1) is 5.92 Å². The molecule has 2 aromatic carbocycles. The first-order valence-electron chi connectivity index (χ1n) is 11.5. The molecule has 6 nitrogen and oxygen atoms in total. The van der Waals surface area contributed by atoms with E-state index >= 15 is 0 Å². The SMILES string of the molecule is CC1CCCCC1N(Cc1ccc(C(=O)NCCN(C)C)cc1)S(=O)(=O)c1ccc(Cl)cc1.Cl. The van der Waals surface area contributed by atoms with Gasteiger partial charge in [-0.1, -0.05) is 43.5 Å². The van der Waals surface area contributed by atoms with Crippen LogP contribution in [-0.2, 0) is 16.6 Å². The Morgan fingerprint density at radius 1 is 1.03 bits per heavy atom. The van der Waals surface area contributed by atoms with Crippen LogP contribution >= 0.6 is 24.0 Å². The molecule has 0 spiro atoms. The Balaban J connectivity index is 0.00000408. The van der Waals surface area contributed by atoms with E-state index in [1.807, 2.05) is 31.1 Å². The third-order valence-electron chi connectivity index (χ3n) is 6.26. The van der Waals surface area contributed by atoms with E-state index in [4.69, 9.17) is 11.6 Å². The van der Waals surface area contributed by atoms with E-state index in [-0.39, 0.29) is 41.7 Å². The molecule has 0 bridgehead atoms. The zero-order valence-corrected chi connectivity index (χ0v) is 22.4. The molecule has 3 rings (SSSR count). The second-order valence-corrected chi connectivity index (χ2v) is 11.4. The number of hydrogen-bond acceptors (Lipinski definition) is 4. The fraction of sp³-hybridized carbons (Fsp3) is 0.480. The third-order valence-corrected chi connectivity index (χ3v) is 8.39. The molecule has 1 fully saturated rings. The van der Waals surface area contributed by atoms with Crippen molar-refractivity contribution in [2.24, 2.45) is 5.92 Å². The molecule has 1 aliphatic rings. The van der Waals surface area contributed by atoms with E-state index in [1.165, 1.54) is 0 Å². The molecule has 1 amide bonds. The number of carbonyl (C=O) groups excluding carboxylic acids is 1. The highest BCUT2D eigenvalue weighted by molar-refractivity contribution is 7.89. The third kappa shape index (κ3) is 7.43. The van der Waals surface area contributed by atoms with Gasteiger partial charge in [-0.3, -0.25) is 4.79 Å². The standard InChI is InChI=1S/C25H34ClN3O3S.ClH/c1-19-6-4-5-7-24(19)29(33(31,32)23-14-12-22(26)13-15-23)18-20-8-10-21(11-9-20)25(30)27-16-17-28(2)3;/h8-15,19,24H,4-7,16-18H2,1-3H3,(H,27,30);1H. The van der Waals surface area contributed by atoms with Crippen molar-refractivity contribution in [1.82, 2.24) is 14.5 Å². The highest BCUT2D eigenvalue weighted by Gasteiger charge is 2.36. The summed E-state index contributed by atoms with van der Waals surface area (Å²) in [6.07, 6.45) is 4.02. The first-order valence-corrected chi connectivity index (χ1v) is 13.3. The van der Waals surface area contributed by atoms with Crippen LogP contribution in [0.3, 0.4) is 0 Å². The van der Waals surface area contributed by atoms with Crippen molar-refractivity contribution in [3.63, 3.8) is 0 Å².